The maximum absolute atomic E-state index is 10.6. The van der Waals surface area contributed by atoms with Crippen molar-refractivity contribution in [1.82, 2.24) is 4.98 Å². The molecule has 2 rings (SSSR count). The summed E-state index contributed by atoms with van der Waals surface area (Å²) >= 11 is 1.27. The minimum absolute atomic E-state index is 0.0116. The molecule has 0 aliphatic rings. The molecule has 18 heavy (non-hydrogen) atoms. The zero-order valence-electron chi connectivity index (χ0n) is 9.07. The molecule has 0 radical (unpaired) electrons. The van der Waals surface area contributed by atoms with Gasteiger partial charge in [-0.15, -0.1) is 11.3 Å². The van der Waals surface area contributed by atoms with Gasteiger partial charge in [0.05, 0.1) is 17.0 Å². The molecule has 0 aliphatic heterocycles. The van der Waals surface area contributed by atoms with Crippen molar-refractivity contribution < 1.29 is 14.8 Å². The summed E-state index contributed by atoms with van der Waals surface area (Å²) in [7, 11) is 0. The average molecular weight is 264 g/mol. The Balaban J connectivity index is 2.31. The Morgan fingerprint density at radius 3 is 2.94 bits per heavy atom. The van der Waals surface area contributed by atoms with Gasteiger partial charge in [-0.1, -0.05) is 12.1 Å². The van der Waals surface area contributed by atoms with Gasteiger partial charge in [0.15, 0.2) is 0 Å². The predicted molar refractivity (Wildman–Crippen MR) is 65.5 cm³/mol. The molecule has 0 spiro atoms. The molecule has 1 aromatic heterocycles. The van der Waals surface area contributed by atoms with Gasteiger partial charge in [-0.3, -0.25) is 14.9 Å². The lowest BCUT2D eigenvalue weighted by molar-refractivity contribution is -0.384. The monoisotopic (exact) mass is 264 g/mol. The highest BCUT2D eigenvalue weighted by atomic mass is 32.1. The Morgan fingerprint density at radius 1 is 1.50 bits per heavy atom. The minimum Gasteiger partial charge on any atom is -0.481 e. The fraction of sp³-hybridized carbons (Fsp3) is 0.0909. The van der Waals surface area contributed by atoms with Crippen LogP contribution in [0.3, 0.4) is 0 Å². The first-order chi connectivity index (χ1) is 8.56. The zero-order valence-corrected chi connectivity index (χ0v) is 9.88. The summed E-state index contributed by atoms with van der Waals surface area (Å²) < 4.78 is 0. The van der Waals surface area contributed by atoms with Gasteiger partial charge in [0, 0.05) is 23.1 Å². The van der Waals surface area contributed by atoms with E-state index >= 15 is 0 Å². The molecule has 6 nitrogen and oxygen atoms in total. The number of nitro groups is 1. The van der Waals surface area contributed by atoms with Crippen molar-refractivity contribution in [3.63, 3.8) is 0 Å². The van der Waals surface area contributed by atoms with Gasteiger partial charge in [0.1, 0.15) is 5.01 Å². The quantitative estimate of drug-likeness (QED) is 0.675. The van der Waals surface area contributed by atoms with E-state index < -0.39 is 10.9 Å². The van der Waals surface area contributed by atoms with Crippen molar-refractivity contribution >= 4 is 23.0 Å². The molecule has 0 bridgehead atoms. The van der Waals surface area contributed by atoms with Crippen LogP contribution in [0.2, 0.25) is 0 Å². The average Bonchev–Trinajstić information content (AvgIpc) is 2.77. The molecule has 0 amide bonds. The highest BCUT2D eigenvalue weighted by Crippen LogP contribution is 2.26. The Labute approximate surface area is 106 Å². The van der Waals surface area contributed by atoms with E-state index in [1.165, 1.54) is 23.5 Å². The van der Waals surface area contributed by atoms with Gasteiger partial charge in [0.25, 0.3) is 5.69 Å². The first kappa shape index (κ1) is 12.2. The van der Waals surface area contributed by atoms with Crippen LogP contribution in [0.5, 0.6) is 0 Å². The first-order valence-electron chi connectivity index (χ1n) is 4.97. The molecular weight excluding hydrogens is 256 g/mol. The molecule has 0 fully saturated rings. The Bertz CT molecular complexity index is 609. The fourth-order valence-corrected chi connectivity index (χ4v) is 2.24. The van der Waals surface area contributed by atoms with Crippen LogP contribution in [-0.2, 0) is 11.2 Å². The summed E-state index contributed by atoms with van der Waals surface area (Å²) in [6.45, 7) is 0. The molecule has 1 N–H and O–H groups in total. The maximum Gasteiger partial charge on any atom is 0.309 e. The largest absolute Gasteiger partial charge is 0.481 e. The van der Waals surface area contributed by atoms with E-state index in [4.69, 9.17) is 5.11 Å². The van der Waals surface area contributed by atoms with Gasteiger partial charge >= 0.3 is 5.97 Å². The van der Waals surface area contributed by atoms with Gasteiger partial charge < -0.3 is 5.11 Å². The highest BCUT2D eigenvalue weighted by molar-refractivity contribution is 7.13. The lowest BCUT2D eigenvalue weighted by Gasteiger charge is -1.96. The van der Waals surface area contributed by atoms with E-state index in [2.05, 4.69) is 4.98 Å². The van der Waals surface area contributed by atoms with Crippen LogP contribution in [0.15, 0.2) is 29.6 Å². The van der Waals surface area contributed by atoms with E-state index in [1.807, 2.05) is 0 Å². The third-order valence-electron chi connectivity index (χ3n) is 2.19. The number of nitro benzene ring substituents is 1. The topological polar surface area (TPSA) is 93.3 Å². The minimum atomic E-state index is -0.953. The molecular formula is C11H8N2O4S. The normalized spacial score (nSPS) is 10.2. The molecule has 1 heterocycles. The van der Waals surface area contributed by atoms with Crippen LogP contribution in [0.4, 0.5) is 5.69 Å². The summed E-state index contributed by atoms with van der Waals surface area (Å²) in [5.41, 5.74) is 1.06. The number of hydrogen-bond acceptors (Lipinski definition) is 5. The Hall–Kier alpha value is -2.28. The second-order valence-electron chi connectivity index (χ2n) is 3.52. The number of aliphatic carboxylic acids is 1. The lowest BCUT2D eigenvalue weighted by Crippen LogP contribution is -1.99. The highest BCUT2D eigenvalue weighted by Gasteiger charge is 2.11. The summed E-state index contributed by atoms with van der Waals surface area (Å²) in [5.74, 6) is -0.953. The zero-order chi connectivity index (χ0) is 13.1. The standard InChI is InChI=1S/C11H8N2O4S/c14-10(15)5-8-6-18-11(12-8)7-2-1-3-9(4-7)13(16)17/h1-4,6H,5H2,(H,14,15). The van der Waals surface area contributed by atoms with Gasteiger partial charge in [0.2, 0.25) is 0 Å². The van der Waals surface area contributed by atoms with E-state index in [1.54, 1.807) is 17.5 Å². The number of thiazole rings is 1. The third kappa shape index (κ3) is 2.69. The smallest absolute Gasteiger partial charge is 0.309 e. The number of non-ortho nitro benzene ring substituents is 1. The van der Waals surface area contributed by atoms with Crippen molar-refractivity contribution in [2.75, 3.05) is 0 Å². The van der Waals surface area contributed by atoms with E-state index in [0.29, 0.717) is 16.3 Å². The van der Waals surface area contributed by atoms with E-state index in [-0.39, 0.29) is 12.1 Å². The van der Waals surface area contributed by atoms with Crippen LogP contribution in [0, 0.1) is 10.1 Å². The van der Waals surface area contributed by atoms with Gasteiger partial charge in [-0.2, -0.15) is 0 Å². The second kappa shape index (κ2) is 4.92. The molecule has 0 atom stereocenters. The van der Waals surface area contributed by atoms with Crippen LogP contribution in [0.25, 0.3) is 10.6 Å². The van der Waals surface area contributed by atoms with E-state index in [0.717, 1.165) is 0 Å². The fourth-order valence-electron chi connectivity index (χ4n) is 1.43. The van der Waals surface area contributed by atoms with Crippen molar-refractivity contribution in [2.45, 2.75) is 6.42 Å². The summed E-state index contributed by atoms with van der Waals surface area (Å²) in [6.07, 6.45) is -0.147. The third-order valence-corrected chi connectivity index (χ3v) is 3.13. The number of carbonyl (C=O) groups is 1. The number of carboxylic acid groups (broad SMARTS) is 1. The summed E-state index contributed by atoms with van der Waals surface area (Å²) in [5, 5.41) is 21.5. The number of nitrogens with zero attached hydrogens (tertiary/aromatic N) is 2. The Morgan fingerprint density at radius 2 is 2.28 bits per heavy atom. The molecule has 1 aromatic carbocycles. The second-order valence-corrected chi connectivity index (χ2v) is 4.38. The summed E-state index contributed by atoms with van der Waals surface area (Å²) in [4.78, 5) is 24.8. The summed E-state index contributed by atoms with van der Waals surface area (Å²) in [6, 6.07) is 6.10. The van der Waals surface area contributed by atoms with Crippen molar-refractivity contribution in [1.29, 1.82) is 0 Å². The van der Waals surface area contributed by atoms with Gasteiger partial charge in [-0.05, 0) is 0 Å². The van der Waals surface area contributed by atoms with Crippen molar-refractivity contribution in [3.05, 3.63) is 45.5 Å². The SMILES string of the molecule is O=C(O)Cc1csc(-c2cccc([N+](=O)[O-])c2)n1. The number of rotatable bonds is 4. The van der Waals surface area contributed by atoms with Crippen molar-refractivity contribution in [3.8, 4) is 10.6 Å². The molecule has 2 aromatic rings. The maximum atomic E-state index is 10.6. The molecule has 0 saturated carbocycles. The van der Waals surface area contributed by atoms with Gasteiger partial charge in [-0.25, -0.2) is 4.98 Å². The first-order valence-corrected chi connectivity index (χ1v) is 5.85. The van der Waals surface area contributed by atoms with E-state index in [9.17, 15) is 14.9 Å². The molecule has 0 aliphatic carbocycles. The van der Waals surface area contributed by atoms with Crippen LogP contribution in [-0.4, -0.2) is 21.0 Å². The van der Waals surface area contributed by atoms with Crippen LogP contribution >= 0.6 is 11.3 Å². The molecule has 0 unspecified atom stereocenters. The lowest BCUT2D eigenvalue weighted by atomic mass is 10.2. The number of carboxylic acids is 1. The number of hydrogen-bond donors (Lipinski definition) is 1. The predicted octanol–water partition coefficient (Wildman–Crippen LogP) is 2.35. The molecule has 92 valence electrons. The number of aromatic nitrogens is 1. The van der Waals surface area contributed by atoms with Crippen molar-refractivity contribution in [2.24, 2.45) is 0 Å². The van der Waals surface area contributed by atoms with Crippen LogP contribution < -0.4 is 0 Å². The number of benzene rings is 1. The molecule has 0 saturated heterocycles. The Kier molecular flexibility index (Phi) is 3.33. The van der Waals surface area contributed by atoms with Crippen LogP contribution in [0.1, 0.15) is 5.69 Å². The molecule has 7 heteroatoms.